The number of sulfonamides is 1. The molecule has 0 unspecified atom stereocenters. The highest BCUT2D eigenvalue weighted by atomic mass is 32.2. The van der Waals surface area contributed by atoms with Crippen LogP contribution in [0.2, 0.25) is 0 Å². The summed E-state index contributed by atoms with van der Waals surface area (Å²) in [5.74, 6) is 1.35. The van der Waals surface area contributed by atoms with Gasteiger partial charge in [0.05, 0.1) is 26.2 Å². The molecule has 32 heavy (non-hydrogen) atoms. The number of carbonyl (C=O) groups is 1. The van der Waals surface area contributed by atoms with Gasteiger partial charge in [0, 0.05) is 24.5 Å². The molecule has 1 atom stereocenters. The molecule has 2 aromatic rings. The first-order valence-electron chi connectivity index (χ1n) is 10.8. The van der Waals surface area contributed by atoms with Crippen LogP contribution in [0, 0.1) is 0 Å². The van der Waals surface area contributed by atoms with Gasteiger partial charge in [0.2, 0.25) is 5.91 Å². The van der Waals surface area contributed by atoms with Crippen molar-refractivity contribution >= 4 is 27.3 Å². The van der Waals surface area contributed by atoms with Gasteiger partial charge in [-0.1, -0.05) is 19.1 Å². The molecule has 174 valence electrons. The van der Waals surface area contributed by atoms with Gasteiger partial charge >= 0.3 is 0 Å². The Hall–Kier alpha value is -2.14. The maximum atomic E-state index is 13.0. The number of benzene rings is 1. The number of thiophene rings is 1. The van der Waals surface area contributed by atoms with Gasteiger partial charge in [-0.05, 0) is 30.7 Å². The van der Waals surface area contributed by atoms with Gasteiger partial charge in [0.1, 0.15) is 10.8 Å². The molecule has 1 amide bonds. The fourth-order valence-electron chi connectivity index (χ4n) is 3.75. The Kier molecular flexibility index (Phi) is 7.34. The largest absolute Gasteiger partial charge is 0.486 e. The predicted molar refractivity (Wildman–Crippen MR) is 121 cm³/mol. The van der Waals surface area contributed by atoms with Crippen LogP contribution in [-0.4, -0.2) is 75.6 Å². The van der Waals surface area contributed by atoms with Crippen LogP contribution in [0.3, 0.4) is 0 Å². The van der Waals surface area contributed by atoms with Gasteiger partial charge in [-0.15, -0.1) is 11.3 Å². The van der Waals surface area contributed by atoms with E-state index in [9.17, 15) is 13.2 Å². The molecule has 1 aromatic carbocycles. The Bertz CT molecular complexity index is 1030. The molecule has 8 nitrogen and oxygen atoms in total. The molecule has 4 rings (SSSR count). The molecule has 3 heterocycles. The highest BCUT2D eigenvalue weighted by molar-refractivity contribution is 7.91. The first-order chi connectivity index (χ1) is 15.5. The Labute approximate surface area is 192 Å². The molecule has 0 N–H and O–H groups in total. The van der Waals surface area contributed by atoms with Crippen molar-refractivity contribution < 1.29 is 27.4 Å². The zero-order chi connectivity index (χ0) is 22.6. The van der Waals surface area contributed by atoms with Crippen molar-refractivity contribution in [1.29, 1.82) is 0 Å². The Balaban J connectivity index is 1.39. The van der Waals surface area contributed by atoms with E-state index in [4.69, 9.17) is 14.2 Å². The number of fused-ring (bicyclic) bond motifs is 1. The number of para-hydroxylation sites is 2. The third-order valence-electron chi connectivity index (χ3n) is 5.36. The molecular formula is C22H28N2O6S2. The molecule has 0 spiro atoms. The Morgan fingerprint density at radius 3 is 2.66 bits per heavy atom. The first-order valence-corrected chi connectivity index (χ1v) is 13.1. The third-order valence-corrected chi connectivity index (χ3v) is 8.82. The third kappa shape index (κ3) is 5.25. The van der Waals surface area contributed by atoms with E-state index in [-0.39, 0.29) is 22.6 Å². The zero-order valence-electron chi connectivity index (χ0n) is 18.1. The molecule has 1 aromatic heterocycles. The van der Waals surface area contributed by atoms with Gasteiger partial charge in [-0.3, -0.25) is 4.79 Å². The van der Waals surface area contributed by atoms with Gasteiger partial charge < -0.3 is 19.1 Å². The van der Waals surface area contributed by atoms with Crippen molar-refractivity contribution in [2.24, 2.45) is 0 Å². The number of carbonyl (C=O) groups excluding carboxylic acids is 1. The zero-order valence-corrected chi connectivity index (χ0v) is 19.7. The van der Waals surface area contributed by atoms with Crippen molar-refractivity contribution in [3.05, 3.63) is 41.3 Å². The molecule has 0 bridgehead atoms. The summed E-state index contributed by atoms with van der Waals surface area (Å²) < 4.78 is 44.4. The minimum atomic E-state index is -3.55. The van der Waals surface area contributed by atoms with Crippen molar-refractivity contribution in [2.45, 2.75) is 30.1 Å². The Morgan fingerprint density at radius 1 is 1.16 bits per heavy atom. The van der Waals surface area contributed by atoms with E-state index >= 15 is 0 Å². The second kappa shape index (κ2) is 10.2. The van der Waals surface area contributed by atoms with E-state index in [0.29, 0.717) is 57.5 Å². The number of hydrogen-bond donors (Lipinski definition) is 0. The molecule has 2 aliphatic heterocycles. The van der Waals surface area contributed by atoms with E-state index in [1.54, 1.807) is 17.0 Å². The summed E-state index contributed by atoms with van der Waals surface area (Å²) in [7, 11) is -3.55. The van der Waals surface area contributed by atoms with E-state index in [2.05, 4.69) is 0 Å². The van der Waals surface area contributed by atoms with Gasteiger partial charge in [-0.25, -0.2) is 8.42 Å². The lowest BCUT2D eigenvalue weighted by Gasteiger charge is -2.31. The number of nitrogens with zero attached hydrogens (tertiary/aromatic N) is 2. The SMILES string of the molecule is CCCN(C[C@@H]1COc2ccccc2O1)C(=O)Cc1ccc(S(=O)(=O)N2CCOCC2)s1. The van der Waals surface area contributed by atoms with Crippen LogP contribution in [0.1, 0.15) is 18.2 Å². The standard InChI is InChI=1S/C22H28N2O6S2/c1-2-9-23(15-17-16-29-19-5-3-4-6-20(19)30-17)21(25)14-18-7-8-22(31-18)32(26,27)24-10-12-28-13-11-24/h3-8,17H,2,9-16H2,1H3/t17-/m1/s1. The Morgan fingerprint density at radius 2 is 1.91 bits per heavy atom. The van der Waals surface area contributed by atoms with Gasteiger partial charge in [0.15, 0.2) is 17.6 Å². The second-order valence-electron chi connectivity index (χ2n) is 7.75. The monoisotopic (exact) mass is 480 g/mol. The summed E-state index contributed by atoms with van der Waals surface area (Å²) in [5, 5.41) is 0. The van der Waals surface area contributed by atoms with Crippen LogP contribution in [0.15, 0.2) is 40.6 Å². The molecule has 10 heteroatoms. The average Bonchev–Trinajstić information content (AvgIpc) is 3.28. The lowest BCUT2D eigenvalue weighted by Crippen LogP contribution is -2.44. The topological polar surface area (TPSA) is 85.4 Å². The summed E-state index contributed by atoms with van der Waals surface area (Å²) in [4.78, 5) is 15.5. The summed E-state index contributed by atoms with van der Waals surface area (Å²) in [5.41, 5.74) is 0. The molecule has 0 saturated carbocycles. The highest BCUT2D eigenvalue weighted by Crippen LogP contribution is 2.31. The summed E-state index contributed by atoms with van der Waals surface area (Å²) >= 11 is 1.16. The van der Waals surface area contributed by atoms with Crippen molar-refractivity contribution in [3.63, 3.8) is 0 Å². The van der Waals surface area contributed by atoms with Crippen LogP contribution < -0.4 is 9.47 Å². The van der Waals surface area contributed by atoms with Crippen molar-refractivity contribution in [1.82, 2.24) is 9.21 Å². The first kappa shape index (κ1) is 23.0. The van der Waals surface area contributed by atoms with Gasteiger partial charge in [0.25, 0.3) is 10.0 Å². The van der Waals surface area contributed by atoms with Crippen LogP contribution >= 0.6 is 11.3 Å². The van der Waals surface area contributed by atoms with Crippen molar-refractivity contribution in [2.75, 3.05) is 46.0 Å². The highest BCUT2D eigenvalue weighted by Gasteiger charge is 2.29. The number of amides is 1. The molecule has 0 radical (unpaired) electrons. The average molecular weight is 481 g/mol. The van der Waals surface area contributed by atoms with Crippen LogP contribution in [0.5, 0.6) is 11.5 Å². The summed E-state index contributed by atoms with van der Waals surface area (Å²) in [6, 6.07) is 10.8. The molecular weight excluding hydrogens is 452 g/mol. The summed E-state index contributed by atoms with van der Waals surface area (Å²) in [6.45, 7) is 4.93. The quantitative estimate of drug-likeness (QED) is 0.577. The van der Waals surface area contributed by atoms with E-state index in [1.165, 1.54) is 4.31 Å². The molecule has 1 saturated heterocycles. The lowest BCUT2D eigenvalue weighted by molar-refractivity contribution is -0.132. The van der Waals surface area contributed by atoms with E-state index in [1.807, 2.05) is 31.2 Å². The maximum absolute atomic E-state index is 13.0. The second-order valence-corrected chi connectivity index (χ2v) is 11.1. The number of rotatable bonds is 8. The van der Waals surface area contributed by atoms with Gasteiger partial charge in [-0.2, -0.15) is 4.31 Å². The van der Waals surface area contributed by atoms with Crippen LogP contribution in [0.4, 0.5) is 0 Å². The number of morpholine rings is 1. The van der Waals surface area contributed by atoms with Crippen LogP contribution in [0.25, 0.3) is 0 Å². The van der Waals surface area contributed by atoms with E-state index in [0.717, 1.165) is 22.6 Å². The lowest BCUT2D eigenvalue weighted by atomic mass is 10.2. The minimum absolute atomic E-state index is 0.0496. The molecule has 2 aliphatic rings. The fourth-order valence-corrected chi connectivity index (χ4v) is 6.66. The van der Waals surface area contributed by atoms with Crippen molar-refractivity contribution in [3.8, 4) is 11.5 Å². The minimum Gasteiger partial charge on any atom is -0.486 e. The van der Waals surface area contributed by atoms with E-state index < -0.39 is 10.0 Å². The normalized spacial score (nSPS) is 19.0. The van der Waals surface area contributed by atoms with Crippen LogP contribution in [-0.2, 0) is 26.0 Å². The maximum Gasteiger partial charge on any atom is 0.252 e. The molecule has 1 fully saturated rings. The number of hydrogen-bond acceptors (Lipinski definition) is 7. The summed E-state index contributed by atoms with van der Waals surface area (Å²) in [6.07, 6.45) is 0.728. The fraction of sp³-hybridized carbons (Fsp3) is 0.500. The number of ether oxygens (including phenoxy) is 3. The smallest absolute Gasteiger partial charge is 0.252 e. The predicted octanol–water partition coefficient (Wildman–Crippen LogP) is 2.39. The molecule has 0 aliphatic carbocycles.